The highest BCUT2D eigenvalue weighted by molar-refractivity contribution is 6.62. The van der Waals surface area contributed by atoms with Crippen molar-refractivity contribution >= 4 is 12.6 Å². The first-order valence-corrected chi connectivity index (χ1v) is 9.20. The summed E-state index contributed by atoms with van der Waals surface area (Å²) < 4.78 is 39.6. The molecule has 1 aromatic carbocycles. The zero-order valence-electron chi connectivity index (χ0n) is 15.1. The van der Waals surface area contributed by atoms with Crippen LogP contribution in [0.2, 0.25) is 0 Å². The summed E-state index contributed by atoms with van der Waals surface area (Å²) >= 11 is 0. The first kappa shape index (κ1) is 19.8. The lowest BCUT2D eigenvalue weighted by Crippen LogP contribution is -2.36. The van der Waals surface area contributed by atoms with Crippen molar-refractivity contribution in [2.45, 2.75) is 6.10 Å². The minimum atomic E-state index is -0.344. The van der Waals surface area contributed by atoms with Gasteiger partial charge in [0.2, 0.25) is 0 Å². The number of rotatable bonds is 2. The Morgan fingerprint density at radius 2 is 1.23 bits per heavy atom. The molecule has 1 atom stereocenters. The third-order valence-corrected chi connectivity index (χ3v) is 4.15. The van der Waals surface area contributed by atoms with Crippen LogP contribution in [0.15, 0.2) is 24.3 Å². The Labute approximate surface area is 154 Å². The van der Waals surface area contributed by atoms with Gasteiger partial charge < -0.3 is 33.0 Å². The molecule has 1 aromatic rings. The predicted molar refractivity (Wildman–Crippen MR) is 95.7 cm³/mol. The number of ether oxygens (including phenoxy) is 5. The highest BCUT2D eigenvalue weighted by Gasteiger charge is 2.31. The molecule has 2 aliphatic heterocycles. The molecule has 2 saturated heterocycles. The fourth-order valence-electron chi connectivity index (χ4n) is 2.88. The summed E-state index contributed by atoms with van der Waals surface area (Å²) in [6.07, 6.45) is -0.219. The van der Waals surface area contributed by atoms with E-state index in [9.17, 15) is 0 Å². The van der Waals surface area contributed by atoms with Gasteiger partial charge in [0.15, 0.2) is 0 Å². The molecule has 26 heavy (non-hydrogen) atoms. The first-order valence-electron chi connectivity index (χ1n) is 9.20. The summed E-state index contributed by atoms with van der Waals surface area (Å²) in [5.74, 6) is 0. The molecule has 144 valence electrons. The van der Waals surface area contributed by atoms with Gasteiger partial charge >= 0.3 is 7.12 Å². The summed E-state index contributed by atoms with van der Waals surface area (Å²) in [7, 11) is -0.344. The van der Waals surface area contributed by atoms with Crippen LogP contribution < -0.4 is 5.46 Å². The van der Waals surface area contributed by atoms with Crippen LogP contribution in [0, 0.1) is 0 Å². The van der Waals surface area contributed by atoms with E-state index in [1.807, 2.05) is 24.3 Å². The lowest BCUT2D eigenvalue weighted by molar-refractivity contribution is -0.0468. The van der Waals surface area contributed by atoms with Crippen LogP contribution in [0.4, 0.5) is 0 Å². The van der Waals surface area contributed by atoms with Crippen molar-refractivity contribution < 1.29 is 33.0 Å². The molecule has 3 rings (SSSR count). The molecule has 1 unspecified atom stereocenters. The monoisotopic (exact) mass is 366 g/mol. The Bertz CT molecular complexity index is 494. The molecule has 0 bridgehead atoms. The van der Waals surface area contributed by atoms with E-state index in [2.05, 4.69) is 0 Å². The molecule has 0 amide bonds. The second-order valence-corrected chi connectivity index (χ2v) is 5.97. The van der Waals surface area contributed by atoms with Gasteiger partial charge in [-0.1, -0.05) is 24.3 Å². The van der Waals surface area contributed by atoms with Crippen LogP contribution in [-0.4, -0.2) is 79.8 Å². The van der Waals surface area contributed by atoms with E-state index in [-0.39, 0.29) is 13.2 Å². The van der Waals surface area contributed by atoms with Gasteiger partial charge in [-0.15, -0.1) is 0 Å². The van der Waals surface area contributed by atoms with Gasteiger partial charge in [0.25, 0.3) is 0 Å². The van der Waals surface area contributed by atoms with Gasteiger partial charge in [0.1, 0.15) is 6.10 Å². The summed E-state index contributed by atoms with van der Waals surface area (Å²) in [5.41, 5.74) is 2.01. The molecule has 0 N–H and O–H groups in total. The van der Waals surface area contributed by atoms with E-state index in [1.165, 1.54) is 0 Å². The number of hydrogen-bond acceptors (Lipinski definition) is 7. The van der Waals surface area contributed by atoms with E-state index in [0.29, 0.717) is 72.7 Å². The standard InChI is InChI=1S/C18H27BO7/c1-2-4-17(19-25-13-14-26-19)16(3-1)18-15-23-10-9-21-6-5-20-7-8-22-11-12-24-18/h1-4,18H,5-15H2. The molecule has 2 heterocycles. The largest absolute Gasteiger partial charge is 0.494 e. The lowest BCUT2D eigenvalue weighted by Gasteiger charge is -2.22. The molecular formula is C18H27BO7. The molecule has 2 fully saturated rings. The van der Waals surface area contributed by atoms with Gasteiger partial charge in [-0.3, -0.25) is 0 Å². The SMILES string of the molecule is c1ccc(C2COCCOCCOCCOCCO2)c(B2OCCO2)c1. The van der Waals surface area contributed by atoms with Crippen molar-refractivity contribution in [3.8, 4) is 0 Å². The van der Waals surface area contributed by atoms with Gasteiger partial charge in [-0.05, 0) is 11.0 Å². The van der Waals surface area contributed by atoms with Crippen LogP contribution in [0.1, 0.15) is 11.7 Å². The minimum Gasteiger partial charge on any atom is -0.405 e. The molecule has 0 aliphatic carbocycles. The van der Waals surface area contributed by atoms with Crippen molar-refractivity contribution in [3.63, 3.8) is 0 Å². The second-order valence-electron chi connectivity index (χ2n) is 5.97. The maximum Gasteiger partial charge on any atom is 0.494 e. The zero-order chi connectivity index (χ0) is 17.9. The second kappa shape index (κ2) is 11.7. The fourth-order valence-corrected chi connectivity index (χ4v) is 2.88. The quantitative estimate of drug-likeness (QED) is 0.709. The van der Waals surface area contributed by atoms with Gasteiger partial charge in [-0.2, -0.15) is 0 Å². The molecule has 0 saturated carbocycles. The van der Waals surface area contributed by atoms with Crippen molar-refractivity contribution in [1.82, 2.24) is 0 Å². The Hall–Kier alpha value is -0.995. The molecule has 0 spiro atoms. The third kappa shape index (κ3) is 6.31. The van der Waals surface area contributed by atoms with E-state index in [0.717, 1.165) is 11.0 Å². The molecule has 0 aromatic heterocycles. The van der Waals surface area contributed by atoms with Crippen molar-refractivity contribution in [2.75, 3.05) is 72.7 Å². The minimum absolute atomic E-state index is 0.219. The van der Waals surface area contributed by atoms with Crippen LogP contribution in [-0.2, 0) is 33.0 Å². The van der Waals surface area contributed by atoms with Crippen LogP contribution in [0.3, 0.4) is 0 Å². The van der Waals surface area contributed by atoms with Crippen molar-refractivity contribution in [3.05, 3.63) is 29.8 Å². The van der Waals surface area contributed by atoms with Crippen LogP contribution in [0.25, 0.3) is 0 Å². The average molecular weight is 366 g/mol. The zero-order valence-corrected chi connectivity index (χ0v) is 15.1. The number of hydrogen-bond donors (Lipinski definition) is 0. The molecule has 2 aliphatic rings. The lowest BCUT2D eigenvalue weighted by atomic mass is 9.75. The fraction of sp³-hybridized carbons (Fsp3) is 0.667. The molecule has 8 heteroatoms. The van der Waals surface area contributed by atoms with Crippen LogP contribution in [0.5, 0.6) is 0 Å². The highest BCUT2D eigenvalue weighted by atomic mass is 16.6. The third-order valence-electron chi connectivity index (χ3n) is 4.15. The highest BCUT2D eigenvalue weighted by Crippen LogP contribution is 2.18. The summed E-state index contributed by atoms with van der Waals surface area (Å²) in [6.45, 7) is 5.90. The average Bonchev–Trinajstić information content (AvgIpc) is 3.20. The van der Waals surface area contributed by atoms with E-state index in [4.69, 9.17) is 33.0 Å². The maximum atomic E-state index is 6.06. The van der Waals surface area contributed by atoms with E-state index < -0.39 is 0 Å². The molecule has 0 radical (unpaired) electrons. The van der Waals surface area contributed by atoms with Gasteiger partial charge in [0, 0.05) is 0 Å². The Balaban J connectivity index is 1.64. The van der Waals surface area contributed by atoms with Gasteiger partial charge in [0.05, 0.1) is 72.7 Å². The van der Waals surface area contributed by atoms with Crippen molar-refractivity contribution in [2.24, 2.45) is 0 Å². The predicted octanol–water partition coefficient (Wildman–Crippen LogP) is 0.566. The van der Waals surface area contributed by atoms with E-state index in [1.54, 1.807) is 0 Å². The topological polar surface area (TPSA) is 64.6 Å². The Morgan fingerprint density at radius 3 is 1.92 bits per heavy atom. The maximum absolute atomic E-state index is 6.06. The Kier molecular flexibility index (Phi) is 8.86. The van der Waals surface area contributed by atoms with Gasteiger partial charge in [-0.25, -0.2) is 0 Å². The van der Waals surface area contributed by atoms with Crippen molar-refractivity contribution in [1.29, 1.82) is 0 Å². The summed E-state index contributed by atoms with van der Waals surface area (Å²) in [5, 5.41) is 0. The van der Waals surface area contributed by atoms with E-state index >= 15 is 0 Å². The molecule has 7 nitrogen and oxygen atoms in total. The molecular weight excluding hydrogens is 339 g/mol. The first-order chi connectivity index (χ1) is 12.9. The summed E-state index contributed by atoms with van der Waals surface area (Å²) in [6, 6.07) is 8.02. The summed E-state index contributed by atoms with van der Waals surface area (Å²) in [4.78, 5) is 0. The number of benzene rings is 1. The smallest absolute Gasteiger partial charge is 0.405 e. The normalized spacial score (nSPS) is 24.8. The van der Waals surface area contributed by atoms with Crippen LogP contribution >= 0.6 is 0 Å². The Morgan fingerprint density at radius 1 is 0.654 bits per heavy atom.